The minimum Gasteiger partial charge on any atom is -0.465 e. The monoisotopic (exact) mass is 631 g/mol. The number of methoxy groups -OCH3 is 1. The summed E-state index contributed by atoms with van der Waals surface area (Å²) in [5, 5.41) is 5.41. The van der Waals surface area contributed by atoms with Crippen molar-refractivity contribution in [2.75, 3.05) is 17.3 Å². The summed E-state index contributed by atoms with van der Waals surface area (Å²) in [7, 11) is 1.23. The van der Waals surface area contributed by atoms with Crippen LogP contribution in [0.4, 0.5) is 11.4 Å². The lowest BCUT2D eigenvalue weighted by Gasteiger charge is -2.18. The average molecular weight is 633 g/mol. The number of anilines is 2. The molecule has 9 nitrogen and oxygen atoms in total. The van der Waals surface area contributed by atoms with Crippen LogP contribution < -0.4 is 15.5 Å². The molecule has 0 unspecified atom stereocenters. The van der Waals surface area contributed by atoms with Gasteiger partial charge in [-0.1, -0.05) is 45.2 Å². The Labute approximate surface area is 241 Å². The van der Waals surface area contributed by atoms with Crippen molar-refractivity contribution in [3.63, 3.8) is 0 Å². The fourth-order valence-electron chi connectivity index (χ4n) is 3.82. The van der Waals surface area contributed by atoms with Gasteiger partial charge in [0.2, 0.25) is 0 Å². The first kappa shape index (κ1) is 28.2. The van der Waals surface area contributed by atoms with Gasteiger partial charge in [-0.2, -0.15) is 0 Å². The molecule has 3 aromatic rings. The number of furan rings is 1. The van der Waals surface area contributed by atoms with E-state index in [-0.39, 0.29) is 28.5 Å². The molecule has 12 heteroatoms. The van der Waals surface area contributed by atoms with Crippen LogP contribution in [-0.4, -0.2) is 30.8 Å². The Morgan fingerprint density at radius 3 is 2.51 bits per heavy atom. The van der Waals surface area contributed by atoms with Crippen LogP contribution in [0.2, 0.25) is 10.0 Å². The number of amides is 3. The zero-order valence-electron chi connectivity index (χ0n) is 20.5. The molecule has 0 bridgehead atoms. The zero-order valence-corrected chi connectivity index (χ0v) is 23.6. The molecular formula is C27H20BrCl2N3O6. The number of esters is 1. The van der Waals surface area contributed by atoms with Gasteiger partial charge in [0, 0.05) is 15.9 Å². The zero-order chi connectivity index (χ0) is 28.3. The van der Waals surface area contributed by atoms with Gasteiger partial charge >= 0.3 is 17.8 Å². The van der Waals surface area contributed by atoms with Crippen LogP contribution in [0.3, 0.4) is 0 Å². The summed E-state index contributed by atoms with van der Waals surface area (Å²) >= 11 is 15.2. The Kier molecular flexibility index (Phi) is 8.59. The average Bonchev–Trinajstić information content (AvgIpc) is 3.45. The Morgan fingerprint density at radius 2 is 1.82 bits per heavy atom. The second kappa shape index (κ2) is 11.9. The first-order valence-electron chi connectivity index (χ1n) is 11.3. The van der Waals surface area contributed by atoms with Crippen molar-refractivity contribution >= 4 is 80.3 Å². The van der Waals surface area contributed by atoms with Gasteiger partial charge in [-0.15, -0.1) is 0 Å². The highest BCUT2D eigenvalue weighted by atomic mass is 79.9. The molecule has 0 spiro atoms. The van der Waals surface area contributed by atoms with E-state index in [9.17, 15) is 19.2 Å². The molecule has 0 aliphatic carbocycles. The summed E-state index contributed by atoms with van der Waals surface area (Å²) in [5.74, 6) is -2.34. The van der Waals surface area contributed by atoms with Crippen molar-refractivity contribution in [1.82, 2.24) is 5.32 Å². The van der Waals surface area contributed by atoms with E-state index < -0.39 is 23.7 Å². The van der Waals surface area contributed by atoms with Gasteiger partial charge in [0.15, 0.2) is 0 Å². The van der Waals surface area contributed by atoms with Crippen LogP contribution in [0.1, 0.15) is 18.4 Å². The number of hydrogen-bond donors (Lipinski definition) is 2. The molecule has 0 radical (unpaired) electrons. The van der Waals surface area contributed by atoms with E-state index in [4.69, 9.17) is 32.4 Å². The molecule has 3 amide bonds. The lowest BCUT2D eigenvalue weighted by molar-refractivity contribution is -0.136. The lowest BCUT2D eigenvalue weighted by atomic mass is 10.1. The van der Waals surface area contributed by atoms with E-state index in [2.05, 4.69) is 26.6 Å². The van der Waals surface area contributed by atoms with Gasteiger partial charge < -0.3 is 19.8 Å². The molecule has 0 saturated carbocycles. The number of hydrogen-bond acceptors (Lipinski definition) is 6. The predicted octanol–water partition coefficient (Wildman–Crippen LogP) is 5.48. The Bertz CT molecular complexity index is 1560. The second-order valence-electron chi connectivity index (χ2n) is 8.20. The molecule has 1 aliphatic heterocycles. The maximum atomic E-state index is 13.4. The van der Waals surface area contributed by atoms with Crippen molar-refractivity contribution in [1.29, 1.82) is 0 Å². The highest BCUT2D eigenvalue weighted by Gasteiger charge is 2.38. The van der Waals surface area contributed by atoms with Crippen LogP contribution in [0.5, 0.6) is 0 Å². The lowest BCUT2D eigenvalue weighted by Crippen LogP contribution is -2.34. The summed E-state index contributed by atoms with van der Waals surface area (Å²) in [6, 6.07) is 14.7. The number of halogens is 3. The minimum atomic E-state index is -0.908. The van der Waals surface area contributed by atoms with Crippen molar-refractivity contribution < 1.29 is 28.3 Å². The van der Waals surface area contributed by atoms with Crippen LogP contribution in [0.15, 0.2) is 80.3 Å². The van der Waals surface area contributed by atoms with E-state index in [0.717, 1.165) is 4.47 Å². The van der Waals surface area contributed by atoms with E-state index in [0.29, 0.717) is 27.9 Å². The van der Waals surface area contributed by atoms with Crippen LogP contribution in [0.25, 0.3) is 6.08 Å². The third-order valence-corrected chi connectivity index (χ3v) is 6.86. The molecule has 2 aromatic carbocycles. The van der Waals surface area contributed by atoms with E-state index in [1.165, 1.54) is 36.3 Å². The Morgan fingerprint density at radius 1 is 1.05 bits per heavy atom. The number of allylic oxidation sites excluding steroid dienone is 1. The molecule has 200 valence electrons. The molecule has 4 rings (SSSR count). The Balaban J connectivity index is 1.48. The van der Waals surface area contributed by atoms with Crippen molar-refractivity contribution in [3.8, 4) is 0 Å². The smallest absolute Gasteiger partial charge is 0.340 e. The quantitative estimate of drug-likeness (QED) is 0.211. The predicted molar refractivity (Wildman–Crippen MR) is 150 cm³/mol. The molecule has 39 heavy (non-hydrogen) atoms. The maximum Gasteiger partial charge on any atom is 0.340 e. The van der Waals surface area contributed by atoms with Crippen molar-refractivity contribution in [3.05, 3.63) is 97.5 Å². The third kappa shape index (κ3) is 6.25. The standard InChI is InChI=1S/C27H20BrCl2N3O6/c1-14-23(27(37)38-2)20(26(36)33(14)17-5-3-4-15(28)10-17)12-18-7-8-19(39-18)13-31-24(34)25(35)32-16-6-9-21(29)22(30)11-16/h3-12H,13H2,1-2H3,(H,31,34)(H,32,35)/b20-12+. The first-order chi connectivity index (χ1) is 18.6. The highest BCUT2D eigenvalue weighted by Crippen LogP contribution is 2.36. The van der Waals surface area contributed by atoms with Gasteiger partial charge in [-0.05, 0) is 61.5 Å². The number of carbonyl (C=O) groups excluding carboxylic acids is 4. The topological polar surface area (TPSA) is 118 Å². The summed E-state index contributed by atoms with van der Waals surface area (Å²) in [4.78, 5) is 51.8. The Hall–Kier alpha value is -3.86. The number of carbonyl (C=O) groups is 4. The van der Waals surface area contributed by atoms with Gasteiger partial charge in [0.25, 0.3) is 5.91 Å². The van der Waals surface area contributed by atoms with Gasteiger partial charge in [0.05, 0.1) is 40.5 Å². The van der Waals surface area contributed by atoms with Gasteiger partial charge in [-0.25, -0.2) is 4.79 Å². The summed E-state index contributed by atoms with van der Waals surface area (Å²) in [5.41, 5.74) is 1.47. The van der Waals surface area contributed by atoms with E-state index in [1.54, 1.807) is 37.3 Å². The van der Waals surface area contributed by atoms with Gasteiger partial charge in [0.1, 0.15) is 11.5 Å². The first-order valence-corrected chi connectivity index (χ1v) is 12.9. The fraction of sp³-hybridized carbons (Fsp3) is 0.111. The number of nitrogens with one attached hydrogen (secondary N) is 2. The van der Waals surface area contributed by atoms with Crippen molar-refractivity contribution in [2.24, 2.45) is 0 Å². The van der Waals surface area contributed by atoms with Crippen LogP contribution >= 0.6 is 39.1 Å². The summed E-state index contributed by atoms with van der Waals surface area (Å²) in [6.07, 6.45) is 1.43. The van der Waals surface area contributed by atoms with Crippen LogP contribution in [-0.2, 0) is 30.5 Å². The third-order valence-electron chi connectivity index (χ3n) is 5.63. The summed E-state index contributed by atoms with van der Waals surface area (Å²) in [6.45, 7) is 1.55. The molecule has 1 aromatic heterocycles. The molecule has 1 aliphatic rings. The molecule has 0 atom stereocenters. The number of nitrogens with zero attached hydrogens (tertiary/aromatic N) is 1. The largest absolute Gasteiger partial charge is 0.465 e. The second-order valence-corrected chi connectivity index (χ2v) is 9.93. The molecular weight excluding hydrogens is 613 g/mol. The van der Waals surface area contributed by atoms with E-state index in [1.807, 2.05) is 6.07 Å². The SMILES string of the molecule is COC(=O)C1=C(C)N(c2cccc(Br)c2)C(=O)/C1=C/c1ccc(CNC(=O)C(=O)Nc2ccc(Cl)c(Cl)c2)o1. The van der Waals surface area contributed by atoms with Crippen molar-refractivity contribution in [2.45, 2.75) is 13.5 Å². The highest BCUT2D eigenvalue weighted by molar-refractivity contribution is 9.10. The fourth-order valence-corrected chi connectivity index (χ4v) is 4.51. The maximum absolute atomic E-state index is 13.4. The van der Waals surface area contributed by atoms with E-state index >= 15 is 0 Å². The molecule has 2 N–H and O–H groups in total. The summed E-state index contributed by atoms with van der Waals surface area (Å²) < 4.78 is 11.4. The number of rotatable bonds is 6. The molecule has 0 saturated heterocycles. The van der Waals surface area contributed by atoms with Gasteiger partial charge in [-0.3, -0.25) is 19.3 Å². The molecule has 2 heterocycles. The minimum absolute atomic E-state index is 0.0882. The normalized spacial score (nSPS) is 14.1. The molecule has 0 fully saturated rings. The number of ether oxygens (including phenoxy) is 1. The number of benzene rings is 2. The van der Waals surface area contributed by atoms with Crippen LogP contribution in [0, 0.1) is 0 Å².